The molecule has 0 fully saturated rings. The van der Waals surface area contributed by atoms with Gasteiger partial charge in [-0.05, 0) is 58.3 Å². The van der Waals surface area contributed by atoms with Gasteiger partial charge >= 0.3 is 0 Å². The van der Waals surface area contributed by atoms with Gasteiger partial charge in [0.2, 0.25) is 0 Å². The van der Waals surface area contributed by atoms with E-state index in [1.165, 1.54) is 0 Å². The smallest absolute Gasteiger partial charge is 0.257 e. The van der Waals surface area contributed by atoms with Gasteiger partial charge in [-0.25, -0.2) is 0 Å². The first kappa shape index (κ1) is 18.0. The molecule has 0 heterocycles. The summed E-state index contributed by atoms with van der Waals surface area (Å²) in [6.45, 7) is 11.5. The fraction of sp³-hybridized carbons (Fsp3) is 0.588. The van der Waals surface area contributed by atoms with Crippen molar-refractivity contribution in [3.05, 3.63) is 28.2 Å². The molecule has 3 nitrogen and oxygen atoms in total. The maximum atomic E-state index is 11.9. The summed E-state index contributed by atoms with van der Waals surface area (Å²) < 4.78 is 6.42. The lowest BCUT2D eigenvalue weighted by Crippen LogP contribution is -2.36. The number of benzene rings is 1. The number of hydrogen-bond donors (Lipinski definition) is 1. The van der Waals surface area contributed by atoms with Crippen molar-refractivity contribution in [1.29, 1.82) is 0 Å². The Bertz CT molecular complexity index is 464. The summed E-state index contributed by atoms with van der Waals surface area (Å²) in [4.78, 5) is 11.9. The minimum Gasteiger partial charge on any atom is -0.483 e. The summed E-state index contributed by atoms with van der Waals surface area (Å²) in [7, 11) is 0. The van der Waals surface area contributed by atoms with Gasteiger partial charge in [0.15, 0.2) is 6.61 Å². The Hall–Kier alpha value is -1.03. The molecule has 118 valence electrons. The molecule has 0 atom stereocenters. The monoisotopic (exact) mass is 355 g/mol. The van der Waals surface area contributed by atoms with E-state index in [1.807, 2.05) is 25.1 Å². The van der Waals surface area contributed by atoms with E-state index < -0.39 is 0 Å². The number of ether oxygens (including phenoxy) is 1. The molecular weight excluding hydrogens is 330 g/mol. The summed E-state index contributed by atoms with van der Waals surface area (Å²) in [6.07, 6.45) is 0. The third-order valence-electron chi connectivity index (χ3n) is 3.69. The van der Waals surface area contributed by atoms with Crippen molar-refractivity contribution in [3.8, 4) is 5.75 Å². The third-order valence-corrected chi connectivity index (χ3v) is 4.31. The van der Waals surface area contributed by atoms with Crippen LogP contribution in [0, 0.1) is 24.7 Å². The van der Waals surface area contributed by atoms with Crippen LogP contribution in [-0.4, -0.2) is 19.1 Å². The van der Waals surface area contributed by atoms with Crippen LogP contribution in [0.1, 0.15) is 33.3 Å². The Balaban J connectivity index is 2.44. The Morgan fingerprint density at radius 2 is 1.86 bits per heavy atom. The Morgan fingerprint density at radius 1 is 1.24 bits per heavy atom. The third kappa shape index (κ3) is 6.08. The molecule has 0 aromatic heterocycles. The average Bonchev–Trinajstić information content (AvgIpc) is 2.37. The number of amides is 1. The quantitative estimate of drug-likeness (QED) is 0.796. The maximum Gasteiger partial charge on any atom is 0.257 e. The summed E-state index contributed by atoms with van der Waals surface area (Å²) in [5.41, 5.74) is 1.15. The molecule has 0 aliphatic carbocycles. The van der Waals surface area contributed by atoms with Crippen LogP contribution in [0.5, 0.6) is 5.75 Å². The van der Waals surface area contributed by atoms with Gasteiger partial charge in [0.05, 0.1) is 4.47 Å². The summed E-state index contributed by atoms with van der Waals surface area (Å²) in [5.74, 6) is 2.21. The van der Waals surface area contributed by atoms with E-state index >= 15 is 0 Å². The second-order valence-electron chi connectivity index (χ2n) is 6.18. The van der Waals surface area contributed by atoms with Gasteiger partial charge in [-0.15, -0.1) is 0 Å². The Kier molecular flexibility index (Phi) is 7.23. The summed E-state index contributed by atoms with van der Waals surface area (Å²) in [5, 5.41) is 2.97. The summed E-state index contributed by atoms with van der Waals surface area (Å²) in [6, 6.07) is 5.81. The minimum absolute atomic E-state index is 0.0462. The number of aryl methyl sites for hydroxylation is 1. The molecule has 1 aromatic carbocycles. The Morgan fingerprint density at radius 3 is 2.38 bits per heavy atom. The number of hydrogen-bond acceptors (Lipinski definition) is 2. The zero-order valence-electron chi connectivity index (χ0n) is 13.6. The van der Waals surface area contributed by atoms with Gasteiger partial charge in [-0.3, -0.25) is 4.79 Å². The average molecular weight is 356 g/mol. The van der Waals surface area contributed by atoms with Crippen molar-refractivity contribution in [3.63, 3.8) is 0 Å². The van der Waals surface area contributed by atoms with Gasteiger partial charge < -0.3 is 10.1 Å². The van der Waals surface area contributed by atoms with Crippen LogP contribution in [0.15, 0.2) is 22.7 Å². The van der Waals surface area contributed by atoms with Crippen LogP contribution in [0.2, 0.25) is 0 Å². The van der Waals surface area contributed by atoms with Gasteiger partial charge in [-0.2, -0.15) is 0 Å². The molecule has 0 bridgehead atoms. The van der Waals surface area contributed by atoms with Crippen LogP contribution < -0.4 is 10.1 Å². The molecule has 1 aromatic rings. The number of carbonyl (C=O) groups is 1. The van der Waals surface area contributed by atoms with Crippen LogP contribution in [0.3, 0.4) is 0 Å². The zero-order valence-corrected chi connectivity index (χ0v) is 15.2. The second-order valence-corrected chi connectivity index (χ2v) is 7.03. The lowest BCUT2D eigenvalue weighted by Gasteiger charge is -2.25. The van der Waals surface area contributed by atoms with Crippen molar-refractivity contribution in [2.45, 2.75) is 34.6 Å². The van der Waals surface area contributed by atoms with Crippen LogP contribution in [0.25, 0.3) is 0 Å². The largest absolute Gasteiger partial charge is 0.483 e. The highest BCUT2D eigenvalue weighted by Gasteiger charge is 2.18. The first-order valence-corrected chi connectivity index (χ1v) is 8.26. The van der Waals surface area contributed by atoms with E-state index in [0.29, 0.717) is 30.0 Å². The van der Waals surface area contributed by atoms with E-state index in [9.17, 15) is 4.79 Å². The molecule has 0 saturated carbocycles. The van der Waals surface area contributed by atoms with Gasteiger partial charge in [0.25, 0.3) is 5.91 Å². The fourth-order valence-corrected chi connectivity index (χ4v) is 3.00. The van der Waals surface area contributed by atoms with E-state index in [0.717, 1.165) is 10.0 Å². The first-order chi connectivity index (χ1) is 9.81. The van der Waals surface area contributed by atoms with Gasteiger partial charge in [0, 0.05) is 6.54 Å². The molecule has 0 saturated heterocycles. The number of halogens is 1. The van der Waals surface area contributed by atoms with E-state index in [-0.39, 0.29) is 12.5 Å². The molecule has 4 heteroatoms. The lowest BCUT2D eigenvalue weighted by atomic mass is 9.85. The highest BCUT2D eigenvalue weighted by atomic mass is 79.9. The van der Waals surface area contributed by atoms with Crippen molar-refractivity contribution in [2.75, 3.05) is 13.2 Å². The standard InChI is InChI=1S/C17H26BrNO2/c1-11(2)14(12(3)4)9-19-17(20)10-21-16-7-6-13(5)8-15(16)18/h6-8,11-12,14H,9-10H2,1-5H3,(H,19,20). The normalized spacial score (nSPS) is 11.3. The predicted molar refractivity (Wildman–Crippen MR) is 90.5 cm³/mol. The first-order valence-electron chi connectivity index (χ1n) is 7.47. The van der Waals surface area contributed by atoms with E-state index in [2.05, 4.69) is 48.9 Å². The molecule has 0 aliphatic rings. The number of carbonyl (C=O) groups excluding carboxylic acids is 1. The van der Waals surface area contributed by atoms with Crippen molar-refractivity contribution < 1.29 is 9.53 Å². The summed E-state index contributed by atoms with van der Waals surface area (Å²) >= 11 is 3.44. The van der Waals surface area contributed by atoms with Crippen molar-refractivity contribution >= 4 is 21.8 Å². The molecule has 1 amide bonds. The van der Waals surface area contributed by atoms with Crippen LogP contribution >= 0.6 is 15.9 Å². The molecule has 0 aliphatic heterocycles. The zero-order chi connectivity index (χ0) is 16.0. The highest BCUT2D eigenvalue weighted by molar-refractivity contribution is 9.10. The molecule has 1 N–H and O–H groups in total. The molecule has 0 radical (unpaired) electrons. The highest BCUT2D eigenvalue weighted by Crippen LogP contribution is 2.25. The molecular formula is C17H26BrNO2. The van der Waals surface area contributed by atoms with Crippen LogP contribution in [0.4, 0.5) is 0 Å². The van der Waals surface area contributed by atoms with Crippen molar-refractivity contribution in [1.82, 2.24) is 5.32 Å². The second kappa shape index (κ2) is 8.42. The maximum absolute atomic E-state index is 11.9. The Labute approximate surface area is 136 Å². The van der Waals surface area contributed by atoms with Crippen LogP contribution in [-0.2, 0) is 4.79 Å². The fourth-order valence-electron chi connectivity index (χ4n) is 2.39. The molecule has 21 heavy (non-hydrogen) atoms. The van der Waals surface area contributed by atoms with E-state index in [4.69, 9.17) is 4.74 Å². The predicted octanol–water partition coefficient (Wildman–Crippen LogP) is 4.18. The van der Waals surface area contributed by atoms with Crippen molar-refractivity contribution in [2.24, 2.45) is 17.8 Å². The molecule has 1 rings (SSSR count). The van der Waals surface area contributed by atoms with E-state index in [1.54, 1.807) is 0 Å². The number of nitrogens with one attached hydrogen (secondary N) is 1. The molecule has 0 spiro atoms. The van der Waals surface area contributed by atoms with Gasteiger partial charge in [-0.1, -0.05) is 33.8 Å². The minimum atomic E-state index is -0.0752. The SMILES string of the molecule is Cc1ccc(OCC(=O)NCC(C(C)C)C(C)C)c(Br)c1. The number of rotatable bonds is 7. The molecule has 0 unspecified atom stereocenters. The van der Waals surface area contributed by atoms with Gasteiger partial charge in [0.1, 0.15) is 5.75 Å². The topological polar surface area (TPSA) is 38.3 Å². The lowest BCUT2D eigenvalue weighted by molar-refractivity contribution is -0.123.